The lowest BCUT2D eigenvalue weighted by atomic mass is 10.1. The van der Waals surface area contributed by atoms with Crippen LogP contribution < -0.4 is 10.6 Å². The molecule has 3 rings (SSSR count). The smallest absolute Gasteiger partial charge is 0.269 e. The highest BCUT2D eigenvalue weighted by Gasteiger charge is 2.12. The van der Waals surface area contributed by atoms with E-state index in [1.165, 1.54) is 55.5 Å². The second-order valence-corrected chi connectivity index (χ2v) is 6.94. The highest BCUT2D eigenvalue weighted by Crippen LogP contribution is 2.28. The van der Waals surface area contributed by atoms with E-state index in [-0.39, 0.29) is 22.3 Å². The Morgan fingerprint density at radius 1 is 1.17 bits per heavy atom. The average Bonchev–Trinajstić information content (AvgIpc) is 3.14. The Hall–Kier alpha value is -3.92. The fourth-order valence-electron chi connectivity index (χ4n) is 2.48. The van der Waals surface area contributed by atoms with Crippen LogP contribution in [0.25, 0.3) is 17.3 Å². The van der Waals surface area contributed by atoms with Crippen LogP contribution in [0.2, 0.25) is 0 Å². The first kappa shape index (κ1) is 20.8. The van der Waals surface area contributed by atoms with Crippen molar-refractivity contribution in [1.29, 1.82) is 0 Å². The minimum Gasteiger partial charge on any atom is -0.326 e. The number of anilines is 2. The van der Waals surface area contributed by atoms with Gasteiger partial charge in [0.2, 0.25) is 11.8 Å². The number of hydrogen-bond acceptors (Lipinski definition) is 6. The van der Waals surface area contributed by atoms with Crippen molar-refractivity contribution in [3.63, 3.8) is 0 Å². The molecular formula is C20H15FN4O4S. The van der Waals surface area contributed by atoms with Gasteiger partial charge in [-0.25, -0.2) is 9.37 Å². The predicted octanol–water partition coefficient (Wildman–Crippen LogP) is 4.47. The quantitative estimate of drug-likeness (QED) is 0.343. The Labute approximate surface area is 174 Å². The molecule has 2 amide bonds. The zero-order valence-electron chi connectivity index (χ0n) is 15.6. The van der Waals surface area contributed by atoms with Crippen LogP contribution in [-0.2, 0) is 9.59 Å². The molecule has 0 fully saturated rings. The second kappa shape index (κ2) is 9.05. The second-order valence-electron chi connectivity index (χ2n) is 6.08. The molecule has 0 aliphatic carbocycles. The van der Waals surface area contributed by atoms with Gasteiger partial charge in [-0.1, -0.05) is 0 Å². The van der Waals surface area contributed by atoms with Crippen molar-refractivity contribution in [2.24, 2.45) is 0 Å². The molecule has 0 unspecified atom stereocenters. The van der Waals surface area contributed by atoms with Crippen LogP contribution in [0.4, 0.5) is 20.9 Å². The minimum absolute atomic E-state index is 0.0377. The molecule has 0 radical (unpaired) electrons. The topological polar surface area (TPSA) is 114 Å². The molecule has 1 aromatic heterocycles. The number of carbonyl (C=O) groups excluding carboxylic acids is 2. The number of halogens is 1. The van der Waals surface area contributed by atoms with E-state index in [9.17, 15) is 24.1 Å². The van der Waals surface area contributed by atoms with E-state index in [1.54, 1.807) is 11.4 Å². The largest absolute Gasteiger partial charge is 0.326 e. The Morgan fingerprint density at radius 3 is 2.53 bits per heavy atom. The molecule has 2 N–H and O–H groups in total. The maximum Gasteiger partial charge on any atom is 0.269 e. The van der Waals surface area contributed by atoms with E-state index in [0.29, 0.717) is 16.9 Å². The van der Waals surface area contributed by atoms with E-state index in [4.69, 9.17) is 0 Å². The normalized spacial score (nSPS) is 10.7. The summed E-state index contributed by atoms with van der Waals surface area (Å²) in [6, 6.07) is 9.99. The molecule has 152 valence electrons. The third-order valence-electron chi connectivity index (χ3n) is 3.83. The van der Waals surface area contributed by atoms with Crippen molar-refractivity contribution in [3.05, 3.63) is 75.4 Å². The van der Waals surface area contributed by atoms with Crippen molar-refractivity contribution >= 4 is 45.7 Å². The number of amides is 2. The summed E-state index contributed by atoms with van der Waals surface area (Å²) in [5, 5.41) is 17.6. The highest BCUT2D eigenvalue weighted by atomic mass is 32.1. The van der Waals surface area contributed by atoms with Gasteiger partial charge >= 0.3 is 0 Å². The summed E-state index contributed by atoms with van der Waals surface area (Å²) in [4.78, 5) is 37.5. The SMILES string of the molecule is CC(=O)Nc1ccc(-c2csc(NC(=O)/C=C/c3ccc([N+](=O)[O-])cc3)n2)c(F)c1. The number of thiazole rings is 1. The van der Waals surface area contributed by atoms with E-state index in [0.717, 1.165) is 11.3 Å². The van der Waals surface area contributed by atoms with Crippen LogP contribution in [0.3, 0.4) is 0 Å². The molecule has 8 nitrogen and oxygen atoms in total. The molecule has 0 saturated heterocycles. The van der Waals surface area contributed by atoms with Crippen molar-refractivity contribution < 1.29 is 18.9 Å². The summed E-state index contributed by atoms with van der Waals surface area (Å²) >= 11 is 1.13. The fourth-order valence-corrected chi connectivity index (χ4v) is 3.20. The number of hydrogen-bond donors (Lipinski definition) is 2. The molecule has 0 bridgehead atoms. The van der Waals surface area contributed by atoms with Crippen LogP contribution in [0.15, 0.2) is 53.9 Å². The molecule has 0 atom stereocenters. The number of carbonyl (C=O) groups is 2. The first-order valence-corrected chi connectivity index (χ1v) is 9.46. The lowest BCUT2D eigenvalue weighted by Gasteiger charge is -2.04. The molecule has 2 aromatic carbocycles. The highest BCUT2D eigenvalue weighted by molar-refractivity contribution is 7.14. The standard InChI is InChI=1S/C20H15FN4O4S/c1-12(26)22-14-5-8-16(17(21)10-14)18-11-30-20(23-18)24-19(27)9-4-13-2-6-15(7-3-13)25(28)29/h2-11H,1H3,(H,22,26)(H,23,24,27)/b9-4+. The third kappa shape index (κ3) is 5.32. The van der Waals surface area contributed by atoms with Gasteiger partial charge in [-0.2, -0.15) is 0 Å². The van der Waals surface area contributed by atoms with Gasteiger partial charge in [0.25, 0.3) is 5.69 Å². The number of nitrogens with one attached hydrogen (secondary N) is 2. The molecule has 0 saturated carbocycles. The summed E-state index contributed by atoms with van der Waals surface area (Å²) < 4.78 is 14.3. The summed E-state index contributed by atoms with van der Waals surface area (Å²) in [5.41, 5.74) is 1.51. The number of rotatable bonds is 6. The first-order valence-electron chi connectivity index (χ1n) is 8.58. The summed E-state index contributed by atoms with van der Waals surface area (Å²) in [6.07, 6.45) is 2.78. The van der Waals surface area contributed by atoms with Gasteiger partial charge in [0.05, 0.1) is 10.6 Å². The monoisotopic (exact) mass is 426 g/mol. The number of nitrogens with zero attached hydrogens (tertiary/aromatic N) is 2. The van der Waals surface area contributed by atoms with Crippen molar-refractivity contribution in [3.8, 4) is 11.3 Å². The maximum absolute atomic E-state index is 14.3. The van der Waals surface area contributed by atoms with Gasteiger partial charge in [0.1, 0.15) is 5.82 Å². The Morgan fingerprint density at radius 2 is 1.90 bits per heavy atom. The van der Waals surface area contributed by atoms with E-state index >= 15 is 0 Å². The summed E-state index contributed by atoms with van der Waals surface area (Å²) in [7, 11) is 0. The van der Waals surface area contributed by atoms with Crippen molar-refractivity contribution in [2.45, 2.75) is 6.92 Å². The summed E-state index contributed by atoms with van der Waals surface area (Å²) in [5.74, 6) is -1.30. The van der Waals surface area contributed by atoms with Crippen LogP contribution in [-0.4, -0.2) is 21.7 Å². The van der Waals surface area contributed by atoms with Crippen LogP contribution >= 0.6 is 11.3 Å². The van der Waals surface area contributed by atoms with Gasteiger partial charge < -0.3 is 5.32 Å². The minimum atomic E-state index is -0.553. The fraction of sp³-hybridized carbons (Fsp3) is 0.0500. The molecule has 1 heterocycles. The van der Waals surface area contributed by atoms with Gasteiger partial charge in [0, 0.05) is 41.8 Å². The Balaban J connectivity index is 1.65. The Kier molecular flexibility index (Phi) is 6.28. The number of nitro benzene ring substituents is 1. The molecule has 0 spiro atoms. The lowest BCUT2D eigenvalue weighted by molar-refractivity contribution is -0.384. The average molecular weight is 426 g/mol. The number of benzene rings is 2. The van der Waals surface area contributed by atoms with E-state index < -0.39 is 16.6 Å². The van der Waals surface area contributed by atoms with E-state index in [1.807, 2.05) is 0 Å². The number of nitro groups is 1. The van der Waals surface area contributed by atoms with Crippen LogP contribution in [0, 0.1) is 15.9 Å². The zero-order valence-corrected chi connectivity index (χ0v) is 16.4. The molecule has 10 heteroatoms. The molecule has 0 aliphatic rings. The molecule has 30 heavy (non-hydrogen) atoms. The molecule has 3 aromatic rings. The number of aromatic nitrogens is 1. The van der Waals surface area contributed by atoms with E-state index in [2.05, 4.69) is 15.6 Å². The van der Waals surface area contributed by atoms with Crippen molar-refractivity contribution in [2.75, 3.05) is 10.6 Å². The van der Waals surface area contributed by atoms with Crippen LogP contribution in [0.1, 0.15) is 12.5 Å². The lowest BCUT2D eigenvalue weighted by Crippen LogP contribution is -2.07. The van der Waals surface area contributed by atoms with Crippen LogP contribution in [0.5, 0.6) is 0 Å². The molecular weight excluding hydrogens is 411 g/mol. The van der Waals surface area contributed by atoms with Gasteiger partial charge in [-0.15, -0.1) is 11.3 Å². The number of non-ortho nitro benzene ring substituents is 1. The summed E-state index contributed by atoms with van der Waals surface area (Å²) in [6.45, 7) is 1.33. The van der Waals surface area contributed by atoms with Gasteiger partial charge in [-0.05, 0) is 42.0 Å². The Bertz CT molecular complexity index is 1140. The molecule has 0 aliphatic heterocycles. The van der Waals surface area contributed by atoms with Gasteiger partial charge in [0.15, 0.2) is 5.13 Å². The van der Waals surface area contributed by atoms with Gasteiger partial charge in [-0.3, -0.25) is 25.0 Å². The first-order chi connectivity index (χ1) is 14.3. The van der Waals surface area contributed by atoms with Crippen molar-refractivity contribution in [1.82, 2.24) is 4.98 Å². The zero-order chi connectivity index (χ0) is 21.7. The third-order valence-corrected chi connectivity index (χ3v) is 4.59. The predicted molar refractivity (Wildman–Crippen MR) is 113 cm³/mol. The maximum atomic E-state index is 14.3.